The number of rotatable bonds is 12. The lowest BCUT2D eigenvalue weighted by molar-refractivity contribution is -0.384. The van der Waals surface area contributed by atoms with Crippen LogP contribution in [0.4, 0.5) is 15.8 Å². The van der Waals surface area contributed by atoms with Crippen LogP contribution >= 0.6 is 0 Å². The van der Waals surface area contributed by atoms with Crippen molar-refractivity contribution >= 4 is 67.1 Å². The van der Waals surface area contributed by atoms with Crippen LogP contribution in [0.1, 0.15) is 70.2 Å². The third-order valence-electron chi connectivity index (χ3n) is 8.94. The van der Waals surface area contributed by atoms with E-state index in [0.29, 0.717) is 52.7 Å². The lowest BCUT2D eigenvalue weighted by Gasteiger charge is -2.21. The number of ether oxygens (including phenoxy) is 2. The first kappa shape index (κ1) is 40.9. The average molecular weight is 763 g/mol. The number of hydrogen-bond donors (Lipinski definition) is 3. The number of nitrogens with one attached hydrogen (secondary N) is 3. The van der Waals surface area contributed by atoms with Gasteiger partial charge in [-0.05, 0) is 44.9 Å². The van der Waals surface area contributed by atoms with Crippen LogP contribution < -0.4 is 16.1 Å². The monoisotopic (exact) mass is 762 g/mol. The molecular formula is C40H51FN6O8. The van der Waals surface area contributed by atoms with Crippen LogP contribution in [0.25, 0.3) is 49.8 Å². The van der Waals surface area contributed by atoms with Gasteiger partial charge in [0.15, 0.2) is 28.1 Å². The molecule has 0 unspecified atom stereocenters. The molecule has 1 fully saturated rings. The minimum absolute atomic E-state index is 0.00826. The molecule has 0 atom stereocenters. The number of anilines is 1. The number of likely N-dealkylation sites (N-methyl/N-ethyl adjacent to an activating group) is 1. The number of H-pyrrole nitrogens is 1. The fraction of sp³-hybridized carbons (Fsp3) is 0.450. The molecule has 3 N–H and O–H groups in total. The average Bonchev–Trinajstić information content (AvgIpc) is 3.18. The second kappa shape index (κ2) is 19.4. The highest BCUT2D eigenvalue weighted by Crippen LogP contribution is 2.35. The molecule has 1 amide bonds. The molecule has 0 saturated carbocycles. The van der Waals surface area contributed by atoms with E-state index in [9.17, 15) is 19.7 Å². The number of halogens is 1. The van der Waals surface area contributed by atoms with Crippen molar-refractivity contribution < 1.29 is 32.4 Å². The number of unbranched alkanes of at least 4 members (excludes halogenated alkanes) is 1. The molecule has 0 bridgehead atoms. The zero-order valence-corrected chi connectivity index (χ0v) is 32.2. The van der Waals surface area contributed by atoms with Gasteiger partial charge in [-0.25, -0.2) is 4.39 Å². The molecule has 3 aromatic heterocycles. The molecule has 55 heavy (non-hydrogen) atoms. The third-order valence-corrected chi connectivity index (χ3v) is 8.94. The molecule has 1 aliphatic heterocycles. The molecule has 15 heteroatoms. The Balaban J connectivity index is 0.000000350. The summed E-state index contributed by atoms with van der Waals surface area (Å²) in [5.74, 6) is -1.24. The highest BCUT2D eigenvalue weighted by molar-refractivity contribution is 6.06. The maximum absolute atomic E-state index is 15.5. The maximum Gasteiger partial charge on any atom is 0.273 e. The number of morpholine rings is 1. The van der Waals surface area contributed by atoms with Crippen molar-refractivity contribution in [1.29, 1.82) is 0 Å². The molecule has 0 radical (unpaired) electrons. The topological polar surface area (TPSA) is 170 Å². The van der Waals surface area contributed by atoms with Crippen LogP contribution in [0, 0.1) is 15.9 Å². The summed E-state index contributed by atoms with van der Waals surface area (Å²) in [6.07, 6.45) is 6.06. The Morgan fingerprint density at radius 3 is 2.31 bits per heavy atom. The molecule has 14 nitrogen and oxygen atoms in total. The van der Waals surface area contributed by atoms with Gasteiger partial charge in [0.2, 0.25) is 5.43 Å². The first-order valence-corrected chi connectivity index (χ1v) is 19.0. The first-order chi connectivity index (χ1) is 26.6. The summed E-state index contributed by atoms with van der Waals surface area (Å²) >= 11 is 0. The lowest BCUT2D eigenvalue weighted by Crippen LogP contribution is -2.32. The molecule has 296 valence electrons. The minimum Gasteiger partial charge on any atom is -0.453 e. The Morgan fingerprint density at radius 1 is 0.945 bits per heavy atom. The van der Waals surface area contributed by atoms with Crippen LogP contribution in [0.5, 0.6) is 0 Å². The van der Waals surface area contributed by atoms with Crippen LogP contribution in [-0.2, 0) is 9.47 Å². The number of pyridine rings is 1. The van der Waals surface area contributed by atoms with Gasteiger partial charge in [0.05, 0.1) is 46.1 Å². The molecule has 1 aliphatic rings. The molecule has 0 aliphatic carbocycles. The Bertz CT molecular complexity index is 2330. The van der Waals surface area contributed by atoms with Gasteiger partial charge < -0.3 is 43.2 Å². The van der Waals surface area contributed by atoms with Crippen LogP contribution in [0.15, 0.2) is 56.2 Å². The van der Waals surface area contributed by atoms with Gasteiger partial charge in [0.25, 0.3) is 11.6 Å². The highest BCUT2D eigenvalue weighted by atomic mass is 19.1. The largest absolute Gasteiger partial charge is 0.453 e. The van der Waals surface area contributed by atoms with E-state index in [1.807, 2.05) is 13.8 Å². The Labute approximate surface area is 317 Å². The number of nitrogens with zero attached hydrogens (tertiary/aromatic N) is 3. The van der Waals surface area contributed by atoms with Gasteiger partial charge in [-0.2, -0.15) is 0 Å². The summed E-state index contributed by atoms with van der Waals surface area (Å²) in [5, 5.41) is 17.1. The first-order valence-electron chi connectivity index (χ1n) is 19.0. The van der Waals surface area contributed by atoms with Crippen LogP contribution in [0.2, 0.25) is 0 Å². The third kappa shape index (κ3) is 9.71. The van der Waals surface area contributed by atoms with Crippen molar-refractivity contribution in [2.24, 2.45) is 0 Å². The van der Waals surface area contributed by atoms with E-state index in [1.165, 1.54) is 18.3 Å². The normalized spacial score (nSPS) is 13.1. The quantitative estimate of drug-likeness (QED) is 0.0364. The number of benzene rings is 3. The van der Waals surface area contributed by atoms with Gasteiger partial charge in [0.1, 0.15) is 16.8 Å². The number of carbonyl (C=O) groups excluding carboxylic acids is 1. The molecular weight excluding hydrogens is 711 g/mol. The number of nitro groups is 1. The maximum atomic E-state index is 15.5. The number of amides is 1. The van der Waals surface area contributed by atoms with Gasteiger partial charge in [-0.1, -0.05) is 34.1 Å². The second-order valence-corrected chi connectivity index (χ2v) is 13.3. The van der Waals surface area contributed by atoms with Crippen molar-refractivity contribution in [2.75, 3.05) is 65.0 Å². The predicted molar refractivity (Wildman–Crippen MR) is 214 cm³/mol. The SMILES string of the molecule is CCCCNc1c(F)cc2c(=O)c(C(=O)NCCC)cn3c4cc5oc6cc([N+](=O)[O-])ccc6[nH]c5cc4oc1c23.CCCOCCC.CN1CCOCC1. The molecule has 0 spiro atoms. The molecule has 3 aromatic carbocycles. The molecule has 4 heterocycles. The van der Waals surface area contributed by atoms with Gasteiger partial charge in [-0.3, -0.25) is 19.7 Å². The van der Waals surface area contributed by atoms with Crippen molar-refractivity contribution in [1.82, 2.24) is 19.6 Å². The summed E-state index contributed by atoms with van der Waals surface area (Å²) in [6.45, 7) is 14.9. The van der Waals surface area contributed by atoms with Crippen molar-refractivity contribution in [3.8, 4) is 0 Å². The number of hydrogen-bond acceptors (Lipinski definition) is 10. The van der Waals surface area contributed by atoms with E-state index in [1.54, 1.807) is 22.6 Å². The van der Waals surface area contributed by atoms with Gasteiger partial charge in [-0.15, -0.1) is 0 Å². The van der Waals surface area contributed by atoms with Crippen molar-refractivity contribution in [3.05, 3.63) is 74.3 Å². The smallest absolute Gasteiger partial charge is 0.273 e. The summed E-state index contributed by atoms with van der Waals surface area (Å²) in [6, 6.07) is 8.67. The zero-order chi connectivity index (χ0) is 39.5. The summed E-state index contributed by atoms with van der Waals surface area (Å²) in [4.78, 5) is 42.7. The fourth-order valence-corrected chi connectivity index (χ4v) is 6.00. The summed E-state index contributed by atoms with van der Waals surface area (Å²) < 4.78 is 39.7. The standard InChI is InChI=1S/C29H26FN5O6.C6H14O.C5H11NO/c1-3-5-9-31-25-18(30)11-16-26-28(25)41-24-12-20-23(40-22-10-15(35(38)39)6-7-19(22)33-20)13-21(24)34(26)14-17(27(16)36)29(37)32-8-4-2;1-3-5-7-6-4-2;1-6-2-4-7-5-3-6/h6-7,10-14,31,33H,3-5,8-9H2,1-2H3,(H,32,37);3-6H2,1-2H3;2-5H2,1H3. The Kier molecular flexibility index (Phi) is 14.4. The van der Waals surface area contributed by atoms with E-state index in [4.69, 9.17) is 18.3 Å². The van der Waals surface area contributed by atoms with E-state index in [2.05, 4.69) is 41.4 Å². The minimum atomic E-state index is -0.670. The summed E-state index contributed by atoms with van der Waals surface area (Å²) in [5.41, 5.74) is 2.07. The Hall–Kier alpha value is -5.25. The van der Waals surface area contributed by atoms with Crippen molar-refractivity contribution in [2.45, 2.75) is 59.8 Å². The molecule has 1 saturated heterocycles. The number of carbonyl (C=O) groups is 1. The predicted octanol–water partition coefficient (Wildman–Crippen LogP) is 8.16. The number of nitro benzene ring substituents is 1. The summed E-state index contributed by atoms with van der Waals surface area (Å²) in [7, 11) is 2.11. The van der Waals surface area contributed by atoms with E-state index >= 15 is 4.39 Å². The van der Waals surface area contributed by atoms with E-state index in [-0.39, 0.29) is 33.5 Å². The van der Waals surface area contributed by atoms with Gasteiger partial charge >= 0.3 is 0 Å². The lowest BCUT2D eigenvalue weighted by atomic mass is 10.1. The number of non-ortho nitro benzene ring substituents is 1. The highest BCUT2D eigenvalue weighted by Gasteiger charge is 2.23. The number of fused-ring (bicyclic) bond motifs is 4. The zero-order valence-electron chi connectivity index (χ0n) is 32.2. The van der Waals surface area contributed by atoms with Crippen molar-refractivity contribution in [3.63, 3.8) is 0 Å². The molecule has 6 aromatic rings. The van der Waals surface area contributed by atoms with Crippen LogP contribution in [0.3, 0.4) is 0 Å². The number of aromatic amines is 1. The fourth-order valence-electron chi connectivity index (χ4n) is 6.00. The number of aromatic nitrogens is 2. The van der Waals surface area contributed by atoms with Gasteiger partial charge in [0, 0.05) is 63.8 Å². The van der Waals surface area contributed by atoms with Crippen LogP contribution in [-0.4, -0.2) is 84.8 Å². The van der Waals surface area contributed by atoms with E-state index < -0.39 is 22.1 Å². The Morgan fingerprint density at radius 2 is 1.67 bits per heavy atom. The second-order valence-electron chi connectivity index (χ2n) is 13.3. The van der Waals surface area contributed by atoms with E-state index in [0.717, 1.165) is 71.3 Å². The molecule has 7 rings (SSSR count).